The highest BCUT2D eigenvalue weighted by Gasteiger charge is 2.09. The predicted molar refractivity (Wildman–Crippen MR) is 52.4 cm³/mol. The second-order valence-corrected chi connectivity index (χ2v) is 3.15. The number of imidazole rings is 1. The van der Waals surface area contributed by atoms with Gasteiger partial charge in [-0.15, -0.1) is 0 Å². The fourth-order valence-electron chi connectivity index (χ4n) is 1.26. The van der Waals surface area contributed by atoms with Gasteiger partial charge in [0, 0.05) is 19.4 Å². The van der Waals surface area contributed by atoms with Gasteiger partial charge in [-0.05, 0) is 0 Å². The van der Waals surface area contributed by atoms with Gasteiger partial charge in [-0.1, -0.05) is 0 Å². The number of halogens is 1. The molecule has 2 rings (SSSR count). The van der Waals surface area contributed by atoms with Crippen molar-refractivity contribution >= 4 is 5.95 Å². The Morgan fingerprint density at radius 1 is 1.47 bits per heavy atom. The predicted octanol–water partition coefficient (Wildman–Crippen LogP) is 0.522. The third-order valence-electron chi connectivity index (χ3n) is 2.08. The van der Waals surface area contributed by atoms with Crippen LogP contribution in [0.25, 0.3) is 0 Å². The lowest BCUT2D eigenvalue weighted by molar-refractivity contribution is 0.593. The molecule has 0 aliphatic heterocycles. The van der Waals surface area contributed by atoms with Crippen LogP contribution in [0.15, 0.2) is 18.6 Å². The maximum atomic E-state index is 13.3. The van der Waals surface area contributed by atoms with Crippen molar-refractivity contribution in [1.29, 1.82) is 0 Å². The Hall–Kier alpha value is -1.98. The lowest BCUT2D eigenvalue weighted by atomic mass is 10.3. The van der Waals surface area contributed by atoms with Crippen LogP contribution in [0.2, 0.25) is 0 Å². The molecule has 2 heterocycles. The first-order valence-corrected chi connectivity index (χ1v) is 4.40. The van der Waals surface area contributed by atoms with Crippen LogP contribution in [-0.2, 0) is 13.5 Å². The molecule has 0 radical (unpaired) electrons. The first kappa shape index (κ1) is 9.57. The van der Waals surface area contributed by atoms with Crippen molar-refractivity contribution in [3.05, 3.63) is 35.9 Å². The minimum Gasteiger partial charge on any atom is -0.368 e. The van der Waals surface area contributed by atoms with E-state index in [1.165, 1.54) is 0 Å². The Balaban J connectivity index is 2.32. The topological polar surface area (TPSA) is 69.6 Å². The van der Waals surface area contributed by atoms with Crippen LogP contribution in [0, 0.1) is 5.82 Å². The minimum absolute atomic E-state index is 0.0700. The molecule has 0 atom stereocenters. The van der Waals surface area contributed by atoms with E-state index in [1.807, 2.05) is 7.05 Å². The molecule has 0 saturated heterocycles. The summed E-state index contributed by atoms with van der Waals surface area (Å²) >= 11 is 0. The number of hydrogen-bond acceptors (Lipinski definition) is 4. The number of rotatable bonds is 2. The van der Waals surface area contributed by atoms with Gasteiger partial charge in [-0.3, -0.25) is 0 Å². The van der Waals surface area contributed by atoms with Crippen LogP contribution in [0.4, 0.5) is 10.3 Å². The minimum atomic E-state index is -0.466. The number of aryl methyl sites for hydroxylation is 1. The summed E-state index contributed by atoms with van der Waals surface area (Å²) in [5.74, 6) is 0.333. The zero-order valence-electron chi connectivity index (χ0n) is 8.18. The molecule has 0 aliphatic carbocycles. The third-order valence-corrected chi connectivity index (χ3v) is 2.08. The van der Waals surface area contributed by atoms with E-state index in [1.54, 1.807) is 17.0 Å². The first-order valence-electron chi connectivity index (χ1n) is 4.40. The summed E-state index contributed by atoms with van der Waals surface area (Å²) in [5.41, 5.74) is 5.64. The Bertz CT molecular complexity index is 479. The molecule has 6 heteroatoms. The average molecular weight is 207 g/mol. The van der Waals surface area contributed by atoms with Crippen LogP contribution in [0.1, 0.15) is 11.5 Å². The summed E-state index contributed by atoms with van der Waals surface area (Å²) in [7, 11) is 1.84. The highest BCUT2D eigenvalue weighted by molar-refractivity contribution is 5.21. The lowest BCUT2D eigenvalue weighted by Crippen LogP contribution is -2.06. The van der Waals surface area contributed by atoms with Crippen LogP contribution in [0.3, 0.4) is 0 Å². The molecule has 0 bridgehead atoms. The summed E-state index contributed by atoms with van der Waals surface area (Å²) in [6.07, 6.45) is 4.82. The van der Waals surface area contributed by atoms with E-state index in [0.29, 0.717) is 6.42 Å². The van der Waals surface area contributed by atoms with Crippen molar-refractivity contribution in [1.82, 2.24) is 19.5 Å². The maximum Gasteiger partial charge on any atom is 0.220 e. The molecule has 0 fully saturated rings. The van der Waals surface area contributed by atoms with Crippen LogP contribution in [0.5, 0.6) is 0 Å². The molecule has 0 amide bonds. The maximum absolute atomic E-state index is 13.3. The van der Waals surface area contributed by atoms with E-state index in [9.17, 15) is 4.39 Å². The number of nitrogen functional groups attached to an aromatic ring is 1. The summed E-state index contributed by atoms with van der Waals surface area (Å²) in [6.45, 7) is 0. The van der Waals surface area contributed by atoms with Crippen molar-refractivity contribution < 1.29 is 4.39 Å². The van der Waals surface area contributed by atoms with Crippen LogP contribution in [-0.4, -0.2) is 19.5 Å². The number of nitrogens with zero attached hydrogens (tertiary/aromatic N) is 4. The van der Waals surface area contributed by atoms with Crippen molar-refractivity contribution in [2.24, 2.45) is 7.05 Å². The van der Waals surface area contributed by atoms with Gasteiger partial charge in [0.1, 0.15) is 5.82 Å². The van der Waals surface area contributed by atoms with Gasteiger partial charge in [0.15, 0.2) is 5.82 Å². The molecule has 2 N–H and O–H groups in total. The molecule has 0 saturated carbocycles. The SMILES string of the molecule is Cn1ccnc1Cc1nc(N)ncc1F. The molecule has 15 heavy (non-hydrogen) atoms. The molecule has 0 aliphatic rings. The molecule has 2 aromatic heterocycles. The standard InChI is InChI=1S/C9H10FN5/c1-15-3-2-12-8(15)4-7-6(10)5-13-9(11)14-7/h2-3,5H,4H2,1H3,(H2,11,13,14). The summed E-state index contributed by atoms with van der Waals surface area (Å²) in [4.78, 5) is 11.5. The van der Waals surface area contributed by atoms with Crippen molar-refractivity contribution in [2.45, 2.75) is 6.42 Å². The van der Waals surface area contributed by atoms with Gasteiger partial charge in [-0.2, -0.15) is 0 Å². The van der Waals surface area contributed by atoms with Gasteiger partial charge >= 0.3 is 0 Å². The van der Waals surface area contributed by atoms with E-state index in [4.69, 9.17) is 5.73 Å². The van der Waals surface area contributed by atoms with E-state index in [0.717, 1.165) is 12.0 Å². The Kier molecular flexibility index (Phi) is 2.32. The molecule has 0 unspecified atom stereocenters. The summed E-state index contributed by atoms with van der Waals surface area (Å²) in [6, 6.07) is 0. The van der Waals surface area contributed by atoms with E-state index in [2.05, 4.69) is 15.0 Å². The van der Waals surface area contributed by atoms with Crippen molar-refractivity contribution in [3.63, 3.8) is 0 Å². The fourth-order valence-corrected chi connectivity index (χ4v) is 1.26. The highest BCUT2D eigenvalue weighted by Crippen LogP contribution is 2.09. The molecule has 2 aromatic rings. The lowest BCUT2D eigenvalue weighted by Gasteiger charge is -2.03. The number of aromatic nitrogens is 4. The molecular formula is C9H10FN5. The second kappa shape index (κ2) is 3.64. The van der Waals surface area contributed by atoms with Gasteiger partial charge in [0.25, 0.3) is 0 Å². The second-order valence-electron chi connectivity index (χ2n) is 3.15. The van der Waals surface area contributed by atoms with Gasteiger partial charge < -0.3 is 10.3 Å². The van der Waals surface area contributed by atoms with Gasteiger partial charge in [0.05, 0.1) is 18.3 Å². The number of hydrogen-bond donors (Lipinski definition) is 1. The summed E-state index contributed by atoms with van der Waals surface area (Å²) in [5, 5.41) is 0. The monoisotopic (exact) mass is 207 g/mol. The summed E-state index contributed by atoms with van der Waals surface area (Å²) < 4.78 is 15.1. The van der Waals surface area contributed by atoms with E-state index in [-0.39, 0.29) is 11.6 Å². The molecular weight excluding hydrogens is 197 g/mol. The normalized spacial score (nSPS) is 10.5. The van der Waals surface area contributed by atoms with Crippen LogP contribution >= 0.6 is 0 Å². The number of nitrogens with two attached hydrogens (primary N) is 1. The zero-order chi connectivity index (χ0) is 10.8. The quantitative estimate of drug-likeness (QED) is 0.779. The van der Waals surface area contributed by atoms with E-state index < -0.39 is 5.82 Å². The largest absolute Gasteiger partial charge is 0.368 e. The fraction of sp³-hybridized carbons (Fsp3) is 0.222. The van der Waals surface area contributed by atoms with Crippen LogP contribution < -0.4 is 5.73 Å². The smallest absolute Gasteiger partial charge is 0.220 e. The molecule has 0 aromatic carbocycles. The third kappa shape index (κ3) is 1.93. The van der Waals surface area contributed by atoms with Gasteiger partial charge in [-0.25, -0.2) is 19.3 Å². The van der Waals surface area contributed by atoms with Crippen molar-refractivity contribution in [2.75, 3.05) is 5.73 Å². The van der Waals surface area contributed by atoms with Gasteiger partial charge in [0.2, 0.25) is 5.95 Å². The van der Waals surface area contributed by atoms with Crippen molar-refractivity contribution in [3.8, 4) is 0 Å². The number of anilines is 1. The zero-order valence-corrected chi connectivity index (χ0v) is 8.18. The molecule has 78 valence electrons. The van der Waals surface area contributed by atoms with E-state index >= 15 is 0 Å². The highest BCUT2D eigenvalue weighted by atomic mass is 19.1. The molecule has 5 nitrogen and oxygen atoms in total. The first-order chi connectivity index (χ1) is 7.16. The Morgan fingerprint density at radius 3 is 2.93 bits per heavy atom. The Labute approximate surface area is 85.8 Å². The Morgan fingerprint density at radius 2 is 2.27 bits per heavy atom. The molecule has 0 spiro atoms. The average Bonchev–Trinajstić information content (AvgIpc) is 2.58.